The average molecular weight is 317 g/mol. The minimum absolute atomic E-state index is 0.728. The molecule has 0 saturated carbocycles. The van der Waals surface area contributed by atoms with Crippen molar-refractivity contribution in [2.75, 3.05) is 0 Å². The lowest BCUT2D eigenvalue weighted by Gasteiger charge is -2.43. The van der Waals surface area contributed by atoms with Gasteiger partial charge < -0.3 is 0 Å². The molecule has 2 saturated heterocycles. The van der Waals surface area contributed by atoms with Gasteiger partial charge in [-0.15, -0.1) is 22.2 Å². The minimum atomic E-state index is -2.18. The van der Waals surface area contributed by atoms with Crippen LogP contribution in [0.5, 0.6) is 0 Å². The lowest BCUT2D eigenvalue weighted by atomic mass is 9.27. The smallest absolute Gasteiger partial charge is 0.141 e. The van der Waals surface area contributed by atoms with Crippen LogP contribution >= 0.6 is 22.2 Å². The molecule has 2 rings (SSSR count). The topological polar surface area (TPSA) is 0 Å². The fourth-order valence-electron chi connectivity index (χ4n) is 4.25. The third kappa shape index (κ3) is 4.05. The Balaban J connectivity index is 2.19. The lowest BCUT2D eigenvalue weighted by Crippen LogP contribution is -2.42. The Hall–Kier alpha value is 0.602. The monoisotopic (exact) mass is 316 g/mol. The predicted octanol–water partition coefficient (Wildman–Crippen LogP) is 6.33. The van der Waals surface area contributed by atoms with Gasteiger partial charge in [0.25, 0.3) is 6.69 Å². The highest BCUT2D eigenvalue weighted by Gasteiger charge is 2.46. The summed E-state index contributed by atoms with van der Waals surface area (Å²) in [6.45, 7) is 2.90. The predicted molar refractivity (Wildman–Crippen MR) is 91.9 cm³/mol. The third-order valence-corrected chi connectivity index (χ3v) is 7.96. The van der Waals surface area contributed by atoms with Crippen molar-refractivity contribution < 1.29 is 0 Å². The van der Waals surface area contributed by atoms with Crippen LogP contribution in [0.1, 0.15) is 64.7 Å². The summed E-state index contributed by atoms with van der Waals surface area (Å²) >= 11 is 13.3. The molecule has 2 aliphatic heterocycles. The van der Waals surface area contributed by atoms with E-state index < -0.39 is 6.69 Å². The number of allylic oxidation sites excluding steroid dienone is 1. The second-order valence-corrected chi connectivity index (χ2v) is 14.1. The molecule has 0 radical (unpaired) electrons. The molecule has 4 heteroatoms. The maximum atomic E-state index is 6.66. The van der Waals surface area contributed by atoms with Gasteiger partial charge in [-0.3, -0.25) is 0 Å². The van der Waals surface area contributed by atoms with Crippen molar-refractivity contribution in [1.82, 2.24) is 0 Å². The molecule has 0 unspecified atom stereocenters. The van der Waals surface area contributed by atoms with Gasteiger partial charge in [0.05, 0.1) is 0 Å². The fraction of sp³-hybridized carbons (Fsp3) is 0.867. The van der Waals surface area contributed by atoms with Crippen molar-refractivity contribution in [3.63, 3.8) is 0 Å². The zero-order valence-corrected chi connectivity index (χ0v) is 14.9. The summed E-state index contributed by atoms with van der Waals surface area (Å²) in [5.74, 6) is 1.76. The largest absolute Gasteiger partial charge is 0.265 e. The van der Waals surface area contributed by atoms with Gasteiger partial charge in [0.2, 0.25) is 0 Å². The second-order valence-electron chi connectivity index (χ2n) is 6.60. The van der Waals surface area contributed by atoms with Crippen molar-refractivity contribution in [2.24, 2.45) is 0 Å². The molecule has 0 amide bonds. The van der Waals surface area contributed by atoms with Gasteiger partial charge >= 0.3 is 0 Å². The van der Waals surface area contributed by atoms with Gasteiger partial charge in [-0.2, -0.15) is 0 Å². The van der Waals surface area contributed by atoms with Gasteiger partial charge in [0, 0.05) is 0 Å². The molecule has 108 valence electrons. The van der Waals surface area contributed by atoms with E-state index in [1.807, 2.05) is 0 Å². The highest BCUT2D eigenvalue weighted by molar-refractivity contribution is 7.50. The van der Waals surface area contributed by atoms with E-state index in [1.54, 1.807) is 0 Å². The molecule has 0 aromatic carbocycles. The van der Waals surface area contributed by atoms with Crippen LogP contribution in [0.3, 0.4) is 0 Å². The van der Waals surface area contributed by atoms with Crippen molar-refractivity contribution in [2.45, 2.75) is 82.9 Å². The second kappa shape index (κ2) is 7.05. The maximum absolute atomic E-state index is 6.66. The van der Waals surface area contributed by atoms with Gasteiger partial charge in [-0.05, 0) is 13.0 Å². The first kappa shape index (κ1) is 16.0. The van der Waals surface area contributed by atoms with Crippen molar-refractivity contribution in [3.8, 4) is 0 Å². The summed E-state index contributed by atoms with van der Waals surface area (Å²) < 4.78 is 0. The summed E-state index contributed by atoms with van der Waals surface area (Å²) in [6, 6.07) is 0. The first-order chi connectivity index (χ1) is 9.04. The average Bonchev–Trinajstić information content (AvgIpc) is 2.32. The highest BCUT2D eigenvalue weighted by atomic mass is 35.7. The van der Waals surface area contributed by atoms with E-state index in [-0.39, 0.29) is 0 Å². The van der Waals surface area contributed by atoms with Crippen molar-refractivity contribution in [1.29, 1.82) is 0 Å². The summed E-state index contributed by atoms with van der Waals surface area (Å²) in [6.07, 6.45) is 14.6. The Labute approximate surface area is 129 Å². The van der Waals surface area contributed by atoms with E-state index in [9.17, 15) is 0 Å². The molecule has 2 heterocycles. The zero-order valence-electron chi connectivity index (χ0n) is 12.4. The molecular formula is C15H27BCl2Si. The van der Waals surface area contributed by atoms with Gasteiger partial charge in [-0.1, -0.05) is 81.1 Å². The summed E-state index contributed by atoms with van der Waals surface area (Å²) in [5, 5.41) is 1.48. The first-order valence-corrected chi connectivity index (χ1v) is 12.6. The number of halogens is 2. The number of rotatable bonds is 5. The first-order valence-electron chi connectivity index (χ1n) is 8.12. The molecule has 0 aromatic rings. The maximum Gasteiger partial charge on any atom is 0.265 e. The van der Waals surface area contributed by atoms with Crippen LogP contribution in [0.4, 0.5) is 0 Å². The van der Waals surface area contributed by atoms with Crippen LogP contribution in [-0.4, -0.2) is 13.4 Å². The Morgan fingerprint density at radius 2 is 1.68 bits per heavy atom. The van der Waals surface area contributed by atoms with E-state index in [0.717, 1.165) is 18.3 Å². The number of hydrogen-bond acceptors (Lipinski definition) is 0. The molecule has 2 fully saturated rings. The SMILES string of the molecule is CCCC/C=C(/B1C2CCCC1CCC2)[Si](C)(Cl)Cl. The number of unbranched alkanes of at least 4 members (excludes halogenated alkanes) is 2. The van der Waals surface area contributed by atoms with Crippen LogP contribution in [-0.2, 0) is 0 Å². The van der Waals surface area contributed by atoms with Gasteiger partial charge in [0.1, 0.15) is 0 Å². The van der Waals surface area contributed by atoms with Crippen molar-refractivity contribution >= 4 is 35.6 Å². The summed E-state index contributed by atoms with van der Waals surface area (Å²) in [5.41, 5.74) is 0. The Bertz CT molecular complexity index is 303. The summed E-state index contributed by atoms with van der Waals surface area (Å²) in [7, 11) is 0. The molecule has 0 nitrogen and oxygen atoms in total. The van der Waals surface area contributed by atoms with Crippen LogP contribution in [0.25, 0.3) is 0 Å². The molecule has 0 N–H and O–H groups in total. The highest BCUT2D eigenvalue weighted by Crippen LogP contribution is 2.51. The third-order valence-electron chi connectivity index (χ3n) is 5.10. The summed E-state index contributed by atoms with van der Waals surface area (Å²) in [4.78, 5) is 0. The number of fused-ring (bicyclic) bond motifs is 2. The van der Waals surface area contributed by atoms with Gasteiger partial charge in [0.15, 0.2) is 6.71 Å². The van der Waals surface area contributed by atoms with E-state index in [2.05, 4.69) is 19.5 Å². The molecule has 19 heavy (non-hydrogen) atoms. The quantitative estimate of drug-likeness (QED) is 0.315. The molecular weight excluding hydrogens is 290 g/mol. The van der Waals surface area contributed by atoms with Crippen LogP contribution in [0, 0.1) is 0 Å². The van der Waals surface area contributed by atoms with Gasteiger partial charge in [-0.25, -0.2) is 0 Å². The molecule has 0 spiro atoms. The van der Waals surface area contributed by atoms with E-state index in [4.69, 9.17) is 22.2 Å². The Kier molecular flexibility index (Phi) is 5.93. The number of hydrogen-bond donors (Lipinski definition) is 0. The lowest BCUT2D eigenvalue weighted by molar-refractivity contribution is 0.446. The van der Waals surface area contributed by atoms with Crippen LogP contribution in [0.2, 0.25) is 18.2 Å². The molecule has 2 aliphatic rings. The molecule has 0 aromatic heterocycles. The van der Waals surface area contributed by atoms with E-state index in [1.165, 1.54) is 62.9 Å². The molecule has 2 bridgehead atoms. The minimum Gasteiger partial charge on any atom is -0.141 e. The van der Waals surface area contributed by atoms with E-state index in [0.29, 0.717) is 0 Å². The van der Waals surface area contributed by atoms with Crippen LogP contribution in [0.15, 0.2) is 11.2 Å². The Morgan fingerprint density at radius 1 is 1.16 bits per heavy atom. The zero-order chi connectivity index (χ0) is 13.9. The standard InChI is InChI=1S/C15H27BCl2Si/c1-3-4-5-12-15(19(2,17)18)16-13-8-6-9-14(16)11-7-10-13/h12-14H,3-11H2,1-2H3/b15-12-. The molecule has 0 atom stereocenters. The molecule has 0 aliphatic carbocycles. The van der Waals surface area contributed by atoms with E-state index >= 15 is 0 Å². The van der Waals surface area contributed by atoms with Crippen molar-refractivity contribution in [3.05, 3.63) is 11.2 Å². The van der Waals surface area contributed by atoms with Crippen LogP contribution < -0.4 is 0 Å². The Morgan fingerprint density at radius 3 is 2.11 bits per heavy atom. The fourth-order valence-corrected chi connectivity index (χ4v) is 7.03. The normalized spacial score (nSPS) is 28.6.